The first-order chi connectivity index (χ1) is 15.4. The van der Waals surface area contributed by atoms with E-state index in [1.165, 1.54) is 41.5 Å². The van der Waals surface area contributed by atoms with Gasteiger partial charge in [-0.15, -0.1) is 10.2 Å². The fourth-order valence-corrected chi connectivity index (χ4v) is 7.67. The highest BCUT2D eigenvalue weighted by Gasteiger charge is 2.42. The van der Waals surface area contributed by atoms with Crippen molar-refractivity contribution in [2.75, 3.05) is 38.5 Å². The van der Waals surface area contributed by atoms with Gasteiger partial charge in [0.05, 0.1) is 0 Å². The third-order valence-electron chi connectivity index (χ3n) is 8.18. The Morgan fingerprint density at radius 3 is 2.25 bits per heavy atom. The Morgan fingerprint density at radius 2 is 1.62 bits per heavy atom. The van der Waals surface area contributed by atoms with Crippen LogP contribution in [0.5, 0.6) is 0 Å². The van der Waals surface area contributed by atoms with Crippen LogP contribution in [0.2, 0.25) is 0 Å². The summed E-state index contributed by atoms with van der Waals surface area (Å²) < 4.78 is 28.1. The molecule has 6 rings (SSSR count). The number of hydrogen-bond donors (Lipinski definition) is 2. The lowest BCUT2D eigenvalue weighted by Crippen LogP contribution is -2.44. The molecule has 32 heavy (non-hydrogen) atoms. The molecule has 0 unspecified atom stereocenters. The van der Waals surface area contributed by atoms with E-state index in [9.17, 15) is 8.42 Å². The van der Waals surface area contributed by atoms with E-state index in [0.29, 0.717) is 19.0 Å². The van der Waals surface area contributed by atoms with Gasteiger partial charge in [0.15, 0.2) is 0 Å². The third kappa shape index (κ3) is 3.36. The molecule has 2 aliphatic heterocycles. The number of anilines is 2. The molecule has 2 saturated heterocycles. The Bertz CT molecular complexity index is 1120. The lowest BCUT2D eigenvalue weighted by atomic mass is 9.78. The molecule has 1 spiro atoms. The number of piperidine rings is 1. The average Bonchev–Trinajstić information content (AvgIpc) is 3.56. The normalized spacial score (nSPS) is 23.0. The van der Waals surface area contributed by atoms with Crippen molar-refractivity contribution in [1.29, 1.82) is 0 Å². The highest BCUT2D eigenvalue weighted by atomic mass is 32.2. The number of benzene rings is 1. The summed E-state index contributed by atoms with van der Waals surface area (Å²) >= 11 is 0. The summed E-state index contributed by atoms with van der Waals surface area (Å²) in [5, 5.41) is 11.6. The first-order valence-electron chi connectivity index (χ1n) is 12.0. The minimum atomic E-state index is -3.67. The molecule has 0 saturated carbocycles. The zero-order chi connectivity index (χ0) is 21.9. The number of H-pyrrole nitrogens is 1. The molecule has 2 fully saturated rings. The number of aryl methyl sites for hydroxylation is 2. The van der Waals surface area contributed by atoms with E-state index in [-0.39, 0.29) is 10.6 Å². The SMILES string of the molecule is CN1CCC2(CCN(S(=O)(=O)c3nnc(Nc4c5c(cc6c4CCC6)CCC5)[nH]3)CC2)C1. The molecule has 2 N–H and O–H groups in total. The summed E-state index contributed by atoms with van der Waals surface area (Å²) in [5.41, 5.74) is 7.02. The minimum absolute atomic E-state index is 0.0521. The number of nitrogens with zero attached hydrogens (tertiary/aromatic N) is 4. The predicted molar refractivity (Wildman–Crippen MR) is 123 cm³/mol. The van der Waals surface area contributed by atoms with Crippen LogP contribution in [0.3, 0.4) is 0 Å². The Labute approximate surface area is 189 Å². The lowest BCUT2D eigenvalue weighted by molar-refractivity contribution is 0.160. The molecule has 0 atom stereocenters. The molecule has 3 heterocycles. The van der Waals surface area contributed by atoms with Crippen LogP contribution in [-0.2, 0) is 35.7 Å². The molecule has 2 aromatic rings. The number of fused-ring (bicyclic) bond motifs is 2. The Kier molecular flexibility index (Phi) is 4.85. The smallest absolute Gasteiger partial charge is 0.278 e. The Balaban J connectivity index is 1.21. The van der Waals surface area contributed by atoms with Crippen molar-refractivity contribution in [1.82, 2.24) is 24.4 Å². The van der Waals surface area contributed by atoms with Gasteiger partial charge in [-0.05, 0) is 99.0 Å². The fourth-order valence-electron chi connectivity index (χ4n) is 6.39. The second kappa shape index (κ2) is 7.53. The fraction of sp³-hybridized carbons (Fsp3) is 0.652. The molecular weight excluding hydrogens is 424 g/mol. The van der Waals surface area contributed by atoms with Gasteiger partial charge in [0.1, 0.15) is 0 Å². The van der Waals surface area contributed by atoms with Gasteiger partial charge in [0.25, 0.3) is 15.2 Å². The first kappa shape index (κ1) is 20.6. The zero-order valence-corrected chi connectivity index (χ0v) is 19.6. The van der Waals surface area contributed by atoms with E-state index in [4.69, 9.17) is 0 Å². The highest BCUT2D eigenvalue weighted by molar-refractivity contribution is 7.88. The van der Waals surface area contributed by atoms with Crippen molar-refractivity contribution in [3.05, 3.63) is 28.3 Å². The summed E-state index contributed by atoms with van der Waals surface area (Å²) in [6.07, 6.45) is 9.73. The standard InChI is InChI=1S/C23H32N6O2S/c1-28-11-8-23(15-28)9-12-29(13-10-23)32(30,31)22-25-21(26-27-22)24-20-18-6-2-4-16(18)14-17-5-3-7-19(17)20/h14H,2-13,15H2,1H3,(H2,24,25,26,27). The van der Waals surface area contributed by atoms with E-state index in [0.717, 1.165) is 57.3 Å². The molecular formula is C23H32N6O2S. The van der Waals surface area contributed by atoms with Crippen molar-refractivity contribution < 1.29 is 8.42 Å². The van der Waals surface area contributed by atoms with Crippen LogP contribution in [-0.4, -0.2) is 66.0 Å². The van der Waals surface area contributed by atoms with Gasteiger partial charge in [-0.2, -0.15) is 4.31 Å². The van der Waals surface area contributed by atoms with Gasteiger partial charge in [-0.25, -0.2) is 8.42 Å². The van der Waals surface area contributed by atoms with Gasteiger partial charge in [0.2, 0.25) is 5.95 Å². The van der Waals surface area contributed by atoms with Crippen LogP contribution in [0.15, 0.2) is 11.2 Å². The van der Waals surface area contributed by atoms with Gasteiger partial charge in [-0.1, -0.05) is 6.07 Å². The maximum absolute atomic E-state index is 13.2. The predicted octanol–water partition coefficient (Wildman–Crippen LogP) is 2.63. The summed E-state index contributed by atoms with van der Waals surface area (Å²) in [7, 11) is -1.51. The van der Waals surface area contributed by atoms with Crippen molar-refractivity contribution >= 4 is 21.7 Å². The number of rotatable bonds is 4. The number of sulfonamides is 1. The van der Waals surface area contributed by atoms with Crippen molar-refractivity contribution in [3.8, 4) is 0 Å². The molecule has 0 amide bonds. The second-order valence-electron chi connectivity index (χ2n) is 10.2. The largest absolute Gasteiger partial charge is 0.324 e. The third-order valence-corrected chi connectivity index (χ3v) is 9.90. The molecule has 4 aliphatic rings. The quantitative estimate of drug-likeness (QED) is 0.735. The molecule has 0 bridgehead atoms. The van der Waals surface area contributed by atoms with Gasteiger partial charge in [-0.3, -0.25) is 4.98 Å². The van der Waals surface area contributed by atoms with E-state index >= 15 is 0 Å². The molecule has 2 aliphatic carbocycles. The summed E-state index contributed by atoms with van der Waals surface area (Å²) in [6, 6.07) is 2.39. The number of aromatic amines is 1. The van der Waals surface area contributed by atoms with Crippen LogP contribution < -0.4 is 5.32 Å². The number of nitrogens with one attached hydrogen (secondary N) is 2. The number of likely N-dealkylation sites (tertiary alicyclic amines) is 1. The average molecular weight is 457 g/mol. The molecule has 1 aromatic heterocycles. The molecule has 8 nitrogen and oxygen atoms in total. The maximum Gasteiger partial charge on any atom is 0.278 e. The highest BCUT2D eigenvalue weighted by Crippen LogP contribution is 2.41. The van der Waals surface area contributed by atoms with Crippen molar-refractivity contribution in [2.45, 2.75) is 62.9 Å². The second-order valence-corrected chi connectivity index (χ2v) is 12.1. The van der Waals surface area contributed by atoms with E-state index in [1.807, 2.05) is 0 Å². The van der Waals surface area contributed by atoms with Crippen LogP contribution in [0, 0.1) is 5.41 Å². The first-order valence-corrected chi connectivity index (χ1v) is 13.4. The van der Waals surface area contributed by atoms with E-state index in [2.05, 4.69) is 38.5 Å². The zero-order valence-electron chi connectivity index (χ0n) is 18.8. The van der Waals surface area contributed by atoms with Crippen LogP contribution >= 0.6 is 0 Å². The van der Waals surface area contributed by atoms with Crippen molar-refractivity contribution in [3.63, 3.8) is 0 Å². The number of aromatic nitrogens is 3. The van der Waals surface area contributed by atoms with Gasteiger partial charge < -0.3 is 10.2 Å². The van der Waals surface area contributed by atoms with Crippen LogP contribution in [0.25, 0.3) is 0 Å². The number of hydrogen-bond acceptors (Lipinski definition) is 6. The molecule has 172 valence electrons. The summed E-state index contributed by atoms with van der Waals surface area (Å²) in [4.78, 5) is 5.34. The van der Waals surface area contributed by atoms with E-state index in [1.54, 1.807) is 4.31 Å². The lowest BCUT2D eigenvalue weighted by Gasteiger charge is -2.38. The van der Waals surface area contributed by atoms with Crippen LogP contribution in [0.4, 0.5) is 11.6 Å². The Morgan fingerprint density at radius 1 is 0.969 bits per heavy atom. The monoisotopic (exact) mass is 456 g/mol. The van der Waals surface area contributed by atoms with Crippen molar-refractivity contribution in [2.24, 2.45) is 5.41 Å². The van der Waals surface area contributed by atoms with Crippen LogP contribution in [0.1, 0.15) is 54.4 Å². The maximum atomic E-state index is 13.2. The molecule has 1 aromatic carbocycles. The topological polar surface area (TPSA) is 94.2 Å². The van der Waals surface area contributed by atoms with Gasteiger partial charge >= 0.3 is 0 Å². The summed E-state index contributed by atoms with van der Waals surface area (Å²) in [5.74, 6) is 0.420. The molecule has 0 radical (unpaired) electrons. The molecule has 9 heteroatoms. The summed E-state index contributed by atoms with van der Waals surface area (Å²) in [6.45, 7) is 3.29. The minimum Gasteiger partial charge on any atom is -0.324 e. The van der Waals surface area contributed by atoms with E-state index < -0.39 is 10.0 Å². The van der Waals surface area contributed by atoms with Gasteiger partial charge in [0, 0.05) is 25.3 Å². The Hall–Kier alpha value is -1.97.